The Hall–Kier alpha value is -2.12. The summed E-state index contributed by atoms with van der Waals surface area (Å²) in [5.74, 6) is 2.08. The zero-order valence-corrected chi connectivity index (χ0v) is 14.6. The van der Waals surface area contributed by atoms with Crippen LogP contribution in [0, 0.1) is 5.92 Å². The summed E-state index contributed by atoms with van der Waals surface area (Å²) < 4.78 is 12.7. The molecule has 0 spiro atoms. The summed E-state index contributed by atoms with van der Waals surface area (Å²) in [6.07, 6.45) is 5.16. The maximum Gasteiger partial charge on any atom is 0.137 e. The molecule has 0 aliphatic carbocycles. The van der Waals surface area contributed by atoms with Crippen LogP contribution in [0.5, 0.6) is 11.5 Å². The highest BCUT2D eigenvalue weighted by Crippen LogP contribution is 2.19. The topological polar surface area (TPSA) is 72.6 Å². The number of methoxy groups -OCH3 is 1. The van der Waals surface area contributed by atoms with E-state index >= 15 is 0 Å². The lowest BCUT2D eigenvalue weighted by atomic mass is 9.98. The smallest absolute Gasteiger partial charge is 0.137 e. The molecule has 7 nitrogen and oxygen atoms in total. The number of aromatic nitrogens is 3. The van der Waals surface area contributed by atoms with E-state index in [0.717, 1.165) is 37.6 Å². The van der Waals surface area contributed by atoms with Gasteiger partial charge >= 0.3 is 0 Å². The van der Waals surface area contributed by atoms with Gasteiger partial charge in [0.2, 0.25) is 0 Å². The lowest BCUT2D eigenvalue weighted by Gasteiger charge is -2.33. The van der Waals surface area contributed by atoms with Crippen molar-refractivity contribution in [3.63, 3.8) is 0 Å². The van der Waals surface area contributed by atoms with Crippen LogP contribution in [0.15, 0.2) is 36.9 Å². The third kappa shape index (κ3) is 5.44. The quantitative estimate of drug-likeness (QED) is 0.780. The van der Waals surface area contributed by atoms with E-state index in [0.29, 0.717) is 12.5 Å². The van der Waals surface area contributed by atoms with Crippen LogP contribution in [0.3, 0.4) is 0 Å². The second kappa shape index (κ2) is 8.82. The van der Waals surface area contributed by atoms with Gasteiger partial charge in [-0.1, -0.05) is 0 Å². The van der Waals surface area contributed by atoms with Gasteiger partial charge in [-0.15, -0.1) is 0 Å². The number of ether oxygens (including phenoxy) is 2. The largest absolute Gasteiger partial charge is 0.497 e. The lowest BCUT2D eigenvalue weighted by Crippen LogP contribution is -2.42. The first-order valence-electron chi connectivity index (χ1n) is 8.72. The van der Waals surface area contributed by atoms with Crippen LogP contribution < -0.4 is 9.47 Å². The Kier molecular flexibility index (Phi) is 6.25. The minimum absolute atomic E-state index is 0.288. The molecule has 2 heterocycles. The van der Waals surface area contributed by atoms with Crippen LogP contribution in [0.25, 0.3) is 0 Å². The number of aliphatic hydroxyl groups excluding tert-OH is 1. The number of aliphatic hydroxyl groups is 1. The molecule has 0 amide bonds. The Morgan fingerprint density at radius 3 is 2.80 bits per heavy atom. The van der Waals surface area contributed by atoms with E-state index in [1.807, 2.05) is 28.9 Å². The number of nitrogens with zero attached hydrogens (tertiary/aromatic N) is 4. The first-order valence-corrected chi connectivity index (χ1v) is 8.72. The highest BCUT2D eigenvalue weighted by molar-refractivity contribution is 5.31. The number of piperidine rings is 1. The molecule has 0 bridgehead atoms. The fraction of sp³-hybridized carbons (Fsp3) is 0.556. The molecule has 0 saturated carbocycles. The van der Waals surface area contributed by atoms with Gasteiger partial charge in [-0.2, -0.15) is 5.10 Å². The SMILES string of the molecule is COc1ccc(OC[C@@H](O)CN2CCC[C@@H](Cn3cncn3)C2)cc1. The Bertz CT molecular complexity index is 618. The van der Waals surface area contributed by atoms with Crippen molar-refractivity contribution in [2.75, 3.05) is 33.4 Å². The molecular formula is C18H26N4O3. The van der Waals surface area contributed by atoms with Crippen LogP contribution in [0.4, 0.5) is 0 Å². The molecule has 1 saturated heterocycles. The predicted octanol–water partition coefficient (Wildman–Crippen LogP) is 1.44. The second-order valence-corrected chi connectivity index (χ2v) is 6.53. The molecule has 1 aromatic carbocycles. The summed E-state index contributed by atoms with van der Waals surface area (Å²) in [6, 6.07) is 7.39. The molecule has 3 rings (SSSR count). The van der Waals surface area contributed by atoms with Gasteiger partial charge < -0.3 is 19.5 Å². The Balaban J connectivity index is 1.41. The summed E-state index contributed by atoms with van der Waals surface area (Å²) in [5, 5.41) is 14.5. The lowest BCUT2D eigenvalue weighted by molar-refractivity contribution is 0.0494. The molecule has 1 fully saturated rings. The number of likely N-dealkylation sites (tertiary alicyclic amines) is 1. The summed E-state index contributed by atoms with van der Waals surface area (Å²) in [6.45, 7) is 3.79. The number of hydrogen-bond acceptors (Lipinski definition) is 6. The van der Waals surface area contributed by atoms with Crippen molar-refractivity contribution in [1.29, 1.82) is 0 Å². The van der Waals surface area contributed by atoms with Gasteiger partial charge in [-0.05, 0) is 49.6 Å². The molecular weight excluding hydrogens is 320 g/mol. The molecule has 2 atom stereocenters. The van der Waals surface area contributed by atoms with E-state index in [4.69, 9.17) is 9.47 Å². The van der Waals surface area contributed by atoms with E-state index in [2.05, 4.69) is 15.0 Å². The highest BCUT2D eigenvalue weighted by Gasteiger charge is 2.22. The number of benzene rings is 1. The predicted molar refractivity (Wildman–Crippen MR) is 93.7 cm³/mol. The van der Waals surface area contributed by atoms with Crippen LogP contribution in [0.1, 0.15) is 12.8 Å². The number of rotatable bonds is 8. The van der Waals surface area contributed by atoms with Crippen molar-refractivity contribution >= 4 is 0 Å². The van der Waals surface area contributed by atoms with E-state index in [-0.39, 0.29) is 6.61 Å². The highest BCUT2D eigenvalue weighted by atomic mass is 16.5. The Morgan fingerprint density at radius 1 is 1.28 bits per heavy atom. The molecule has 1 aliphatic heterocycles. The van der Waals surface area contributed by atoms with Gasteiger partial charge in [0.15, 0.2) is 0 Å². The van der Waals surface area contributed by atoms with Crippen LogP contribution in [0.2, 0.25) is 0 Å². The summed E-state index contributed by atoms with van der Waals surface area (Å²) in [5.41, 5.74) is 0. The van der Waals surface area contributed by atoms with Crippen molar-refractivity contribution in [1.82, 2.24) is 19.7 Å². The average Bonchev–Trinajstić information content (AvgIpc) is 3.14. The fourth-order valence-corrected chi connectivity index (χ4v) is 3.27. The maximum atomic E-state index is 10.3. The Labute approximate surface area is 148 Å². The molecule has 1 aromatic heterocycles. The van der Waals surface area contributed by atoms with Gasteiger partial charge in [0.25, 0.3) is 0 Å². The second-order valence-electron chi connectivity index (χ2n) is 6.53. The molecule has 1 aliphatic rings. The van der Waals surface area contributed by atoms with Gasteiger partial charge in [-0.3, -0.25) is 4.68 Å². The van der Waals surface area contributed by atoms with Gasteiger partial charge in [-0.25, -0.2) is 4.98 Å². The van der Waals surface area contributed by atoms with E-state index in [1.165, 1.54) is 6.42 Å². The summed E-state index contributed by atoms with van der Waals surface area (Å²) in [7, 11) is 1.63. The number of hydrogen-bond donors (Lipinski definition) is 1. The van der Waals surface area contributed by atoms with Gasteiger partial charge in [0.05, 0.1) is 7.11 Å². The van der Waals surface area contributed by atoms with E-state index < -0.39 is 6.10 Å². The first-order chi connectivity index (χ1) is 12.2. The monoisotopic (exact) mass is 346 g/mol. The molecule has 1 N–H and O–H groups in total. The summed E-state index contributed by atoms with van der Waals surface area (Å²) in [4.78, 5) is 6.31. The maximum absolute atomic E-state index is 10.3. The molecule has 0 unspecified atom stereocenters. The van der Waals surface area contributed by atoms with Crippen molar-refractivity contribution in [3.05, 3.63) is 36.9 Å². The van der Waals surface area contributed by atoms with Gasteiger partial charge in [0, 0.05) is 19.6 Å². The van der Waals surface area contributed by atoms with Crippen molar-refractivity contribution < 1.29 is 14.6 Å². The van der Waals surface area contributed by atoms with Crippen LogP contribution >= 0.6 is 0 Å². The molecule has 7 heteroatoms. The standard InChI is InChI=1S/C18H26N4O3/c1-24-17-4-6-18(7-5-17)25-12-16(23)11-21-8-2-3-15(9-21)10-22-14-19-13-20-22/h4-7,13-16,23H,2-3,8-12H2,1H3/t15-,16+/m1/s1. The molecule has 0 radical (unpaired) electrons. The normalized spacial score (nSPS) is 19.5. The van der Waals surface area contributed by atoms with Crippen LogP contribution in [-0.2, 0) is 6.54 Å². The Morgan fingerprint density at radius 2 is 2.08 bits per heavy atom. The average molecular weight is 346 g/mol. The van der Waals surface area contributed by atoms with E-state index in [9.17, 15) is 5.11 Å². The molecule has 2 aromatic rings. The zero-order chi connectivity index (χ0) is 17.5. The minimum Gasteiger partial charge on any atom is -0.497 e. The van der Waals surface area contributed by atoms with Crippen molar-refractivity contribution in [2.45, 2.75) is 25.5 Å². The molecule has 25 heavy (non-hydrogen) atoms. The van der Waals surface area contributed by atoms with Gasteiger partial charge in [0.1, 0.15) is 36.9 Å². The first kappa shape index (κ1) is 17.7. The van der Waals surface area contributed by atoms with Crippen molar-refractivity contribution in [2.24, 2.45) is 5.92 Å². The van der Waals surface area contributed by atoms with Crippen LogP contribution in [-0.4, -0.2) is 64.2 Å². The summed E-state index contributed by atoms with van der Waals surface area (Å²) >= 11 is 0. The van der Waals surface area contributed by atoms with E-state index in [1.54, 1.807) is 19.8 Å². The third-order valence-corrected chi connectivity index (χ3v) is 4.49. The minimum atomic E-state index is -0.507. The zero-order valence-electron chi connectivity index (χ0n) is 14.6. The molecule has 136 valence electrons. The third-order valence-electron chi connectivity index (χ3n) is 4.49. The number of β-amino-alcohol motifs (C(OH)–C–C–N with tert-alkyl or cyclic N) is 1. The van der Waals surface area contributed by atoms with Crippen molar-refractivity contribution in [3.8, 4) is 11.5 Å². The fourth-order valence-electron chi connectivity index (χ4n) is 3.27.